The smallest absolute Gasteiger partial charge is 0.229 e. The number of carbonyl (C=O) groups is 2. The van der Waals surface area contributed by atoms with E-state index in [4.69, 9.17) is 10.5 Å². The van der Waals surface area contributed by atoms with Crippen LogP contribution in [-0.2, 0) is 9.59 Å². The molecule has 0 unspecified atom stereocenters. The molecule has 1 aromatic rings. The number of hydrogen-bond donors (Lipinski definition) is 2. The van der Waals surface area contributed by atoms with Crippen molar-refractivity contribution in [3.63, 3.8) is 0 Å². The molecule has 0 saturated heterocycles. The summed E-state index contributed by atoms with van der Waals surface area (Å²) in [5.41, 5.74) is 4.87. The summed E-state index contributed by atoms with van der Waals surface area (Å²) >= 11 is 2.20. The monoisotopic (exact) mass is 348 g/mol. The van der Waals surface area contributed by atoms with Crippen LogP contribution in [0.15, 0.2) is 24.3 Å². The van der Waals surface area contributed by atoms with Crippen LogP contribution in [-0.4, -0.2) is 25.0 Å². The molecule has 1 aromatic carbocycles. The molecule has 0 aliphatic heterocycles. The minimum Gasteiger partial charge on any atom is -0.492 e. The summed E-state index contributed by atoms with van der Waals surface area (Å²) in [6.07, 6.45) is -0.288. The highest BCUT2D eigenvalue weighted by Crippen LogP contribution is 2.12. The first kappa shape index (κ1) is 13.8. The number of primary amides is 1. The maximum atomic E-state index is 11.0. The highest BCUT2D eigenvalue weighted by Gasteiger charge is 2.04. The van der Waals surface area contributed by atoms with Gasteiger partial charge in [0.25, 0.3) is 0 Å². The maximum absolute atomic E-state index is 11.0. The Morgan fingerprint density at radius 3 is 2.53 bits per heavy atom. The molecule has 0 fully saturated rings. The molecular formula is C11H13IN2O3. The van der Waals surface area contributed by atoms with Crippen molar-refractivity contribution in [3.8, 4) is 5.75 Å². The van der Waals surface area contributed by atoms with Gasteiger partial charge in [-0.25, -0.2) is 0 Å². The topological polar surface area (TPSA) is 81.4 Å². The van der Waals surface area contributed by atoms with Crippen LogP contribution in [0.1, 0.15) is 6.42 Å². The van der Waals surface area contributed by atoms with E-state index in [9.17, 15) is 9.59 Å². The second-order valence-corrected chi connectivity index (χ2v) is 4.54. The molecule has 0 aromatic heterocycles. The number of halogens is 1. The molecule has 0 aliphatic carbocycles. The normalized spacial score (nSPS) is 9.71. The molecule has 17 heavy (non-hydrogen) atoms. The Hall–Kier alpha value is -1.31. The van der Waals surface area contributed by atoms with Crippen molar-refractivity contribution in [3.05, 3.63) is 27.8 Å². The van der Waals surface area contributed by atoms with E-state index < -0.39 is 5.91 Å². The summed E-state index contributed by atoms with van der Waals surface area (Å²) in [5, 5.41) is 2.53. The standard InChI is InChI=1S/C11H13IN2O3/c12-8-1-3-9(4-2-8)17-6-5-14-11(16)7-10(13)15/h1-4H,5-7H2,(H2,13,15)(H,14,16). The Kier molecular flexibility index (Phi) is 5.75. The van der Waals surface area contributed by atoms with Crippen molar-refractivity contribution in [1.82, 2.24) is 5.32 Å². The van der Waals surface area contributed by atoms with Gasteiger partial charge in [0.2, 0.25) is 11.8 Å². The largest absolute Gasteiger partial charge is 0.492 e. The van der Waals surface area contributed by atoms with Crippen molar-refractivity contribution in [1.29, 1.82) is 0 Å². The summed E-state index contributed by atoms with van der Waals surface area (Å²) in [7, 11) is 0. The van der Waals surface area contributed by atoms with Crippen LogP contribution in [0, 0.1) is 3.57 Å². The number of amides is 2. The number of benzene rings is 1. The van der Waals surface area contributed by atoms with Gasteiger partial charge in [0, 0.05) is 3.57 Å². The fourth-order valence-corrected chi connectivity index (χ4v) is 1.47. The molecule has 1 rings (SSSR count). The SMILES string of the molecule is NC(=O)CC(=O)NCCOc1ccc(I)cc1. The van der Waals surface area contributed by atoms with Crippen LogP contribution >= 0.6 is 22.6 Å². The Balaban J connectivity index is 2.18. The Morgan fingerprint density at radius 2 is 1.94 bits per heavy atom. The van der Waals surface area contributed by atoms with E-state index in [1.807, 2.05) is 24.3 Å². The van der Waals surface area contributed by atoms with E-state index in [1.54, 1.807) is 0 Å². The van der Waals surface area contributed by atoms with E-state index >= 15 is 0 Å². The molecular weight excluding hydrogens is 335 g/mol. The van der Waals surface area contributed by atoms with Crippen molar-refractivity contribution >= 4 is 34.4 Å². The van der Waals surface area contributed by atoms with Gasteiger partial charge < -0.3 is 15.8 Å². The van der Waals surface area contributed by atoms with E-state index in [1.165, 1.54) is 0 Å². The molecule has 2 amide bonds. The van der Waals surface area contributed by atoms with E-state index in [-0.39, 0.29) is 12.3 Å². The zero-order valence-corrected chi connectivity index (χ0v) is 11.3. The molecule has 0 atom stereocenters. The molecule has 3 N–H and O–H groups in total. The molecule has 0 aliphatic rings. The first-order valence-corrected chi connectivity index (χ1v) is 6.09. The third kappa shape index (κ3) is 6.10. The van der Waals surface area contributed by atoms with Crippen LogP contribution in [0.3, 0.4) is 0 Å². The Morgan fingerprint density at radius 1 is 1.29 bits per heavy atom. The van der Waals surface area contributed by atoms with Gasteiger partial charge in [0.15, 0.2) is 0 Å². The quantitative estimate of drug-likeness (QED) is 0.450. The van der Waals surface area contributed by atoms with Crippen molar-refractivity contribution < 1.29 is 14.3 Å². The van der Waals surface area contributed by atoms with Gasteiger partial charge >= 0.3 is 0 Å². The average molecular weight is 348 g/mol. The van der Waals surface area contributed by atoms with Gasteiger partial charge in [-0.1, -0.05) is 0 Å². The highest BCUT2D eigenvalue weighted by atomic mass is 127. The highest BCUT2D eigenvalue weighted by molar-refractivity contribution is 14.1. The number of carbonyl (C=O) groups excluding carboxylic acids is 2. The molecule has 6 heteroatoms. The molecule has 0 spiro atoms. The van der Waals surface area contributed by atoms with Gasteiger partial charge in [0.1, 0.15) is 18.8 Å². The molecule has 5 nitrogen and oxygen atoms in total. The Labute approximate surface area is 113 Å². The van der Waals surface area contributed by atoms with Crippen molar-refractivity contribution in [2.24, 2.45) is 5.73 Å². The van der Waals surface area contributed by atoms with Crippen LogP contribution in [0.25, 0.3) is 0 Å². The predicted molar refractivity (Wildman–Crippen MR) is 71.5 cm³/mol. The summed E-state index contributed by atoms with van der Waals surface area (Å²) in [4.78, 5) is 21.5. The van der Waals surface area contributed by atoms with Gasteiger partial charge in [-0.05, 0) is 46.9 Å². The van der Waals surface area contributed by atoms with Crippen LogP contribution in [0.2, 0.25) is 0 Å². The maximum Gasteiger partial charge on any atom is 0.229 e. The van der Waals surface area contributed by atoms with E-state index in [2.05, 4.69) is 27.9 Å². The third-order valence-corrected chi connectivity index (χ3v) is 2.56. The van der Waals surface area contributed by atoms with Gasteiger partial charge in [-0.3, -0.25) is 9.59 Å². The molecule has 0 bridgehead atoms. The number of hydrogen-bond acceptors (Lipinski definition) is 3. The zero-order valence-electron chi connectivity index (χ0n) is 9.11. The Bertz CT molecular complexity index is 392. The summed E-state index contributed by atoms with van der Waals surface area (Å²) < 4.78 is 6.51. The second-order valence-electron chi connectivity index (χ2n) is 3.30. The van der Waals surface area contributed by atoms with E-state index in [0.717, 1.165) is 9.32 Å². The third-order valence-electron chi connectivity index (χ3n) is 1.84. The van der Waals surface area contributed by atoms with Crippen molar-refractivity contribution in [2.75, 3.05) is 13.2 Å². The first-order chi connectivity index (χ1) is 8.08. The molecule has 0 saturated carbocycles. The van der Waals surface area contributed by atoms with Crippen molar-refractivity contribution in [2.45, 2.75) is 6.42 Å². The summed E-state index contributed by atoms with van der Waals surface area (Å²) in [5.74, 6) is -0.278. The number of ether oxygens (including phenoxy) is 1. The lowest BCUT2D eigenvalue weighted by atomic mass is 10.3. The first-order valence-electron chi connectivity index (χ1n) is 5.01. The zero-order chi connectivity index (χ0) is 12.7. The lowest BCUT2D eigenvalue weighted by Gasteiger charge is -2.07. The molecule has 0 radical (unpaired) electrons. The lowest BCUT2D eigenvalue weighted by molar-refractivity contribution is -0.127. The van der Waals surface area contributed by atoms with Gasteiger partial charge in [-0.15, -0.1) is 0 Å². The molecule has 0 heterocycles. The van der Waals surface area contributed by atoms with Crippen LogP contribution < -0.4 is 15.8 Å². The fraction of sp³-hybridized carbons (Fsp3) is 0.273. The fourth-order valence-electron chi connectivity index (χ4n) is 1.11. The lowest BCUT2D eigenvalue weighted by Crippen LogP contribution is -2.31. The molecule has 92 valence electrons. The number of nitrogens with one attached hydrogen (secondary N) is 1. The van der Waals surface area contributed by atoms with Crippen LogP contribution in [0.5, 0.6) is 5.75 Å². The van der Waals surface area contributed by atoms with Gasteiger partial charge in [0.05, 0.1) is 6.54 Å². The number of rotatable bonds is 6. The number of nitrogens with two attached hydrogens (primary N) is 1. The average Bonchev–Trinajstić information content (AvgIpc) is 2.26. The minimum atomic E-state index is -0.638. The minimum absolute atomic E-state index is 0.288. The summed E-state index contributed by atoms with van der Waals surface area (Å²) in [6, 6.07) is 7.57. The van der Waals surface area contributed by atoms with E-state index in [0.29, 0.717) is 13.2 Å². The predicted octanol–water partition coefficient (Wildman–Crippen LogP) is 0.662. The second kappa shape index (κ2) is 7.10. The van der Waals surface area contributed by atoms with Gasteiger partial charge in [-0.2, -0.15) is 0 Å². The van der Waals surface area contributed by atoms with Crippen LogP contribution in [0.4, 0.5) is 0 Å². The summed E-state index contributed by atoms with van der Waals surface area (Å²) in [6.45, 7) is 0.698.